The van der Waals surface area contributed by atoms with Crippen LogP contribution in [0.1, 0.15) is 32.8 Å². The number of alkyl halides is 3. The largest absolute Gasteiger partial charge is 0.416 e. The highest BCUT2D eigenvalue weighted by atomic mass is 19.4. The van der Waals surface area contributed by atoms with Gasteiger partial charge in [-0.1, -0.05) is 6.92 Å². The average molecular weight is 276 g/mol. The smallest absolute Gasteiger partial charge is 0.375 e. The van der Waals surface area contributed by atoms with Crippen LogP contribution in [0.25, 0.3) is 0 Å². The van der Waals surface area contributed by atoms with Gasteiger partial charge in [-0.2, -0.15) is 13.2 Å². The van der Waals surface area contributed by atoms with E-state index in [0.717, 1.165) is 12.1 Å². The molecule has 0 bridgehead atoms. The summed E-state index contributed by atoms with van der Waals surface area (Å²) in [4.78, 5) is 10.1. The molecule has 0 spiro atoms. The van der Waals surface area contributed by atoms with E-state index in [2.05, 4.69) is 5.32 Å². The van der Waals surface area contributed by atoms with E-state index < -0.39 is 27.9 Å². The Morgan fingerprint density at radius 1 is 1.32 bits per heavy atom. The molecule has 0 radical (unpaired) electrons. The van der Waals surface area contributed by atoms with Crippen LogP contribution in [0.3, 0.4) is 0 Å². The number of nitrogens with zero attached hydrogens (tertiary/aromatic N) is 1. The summed E-state index contributed by atoms with van der Waals surface area (Å²) in [5.41, 5.74) is -1.95. The number of benzene rings is 1. The predicted molar refractivity (Wildman–Crippen MR) is 66.1 cm³/mol. The fourth-order valence-electron chi connectivity index (χ4n) is 1.42. The summed E-state index contributed by atoms with van der Waals surface area (Å²) in [6, 6.07) is 2.48. The molecule has 0 aliphatic rings. The van der Waals surface area contributed by atoms with Gasteiger partial charge in [0, 0.05) is 11.6 Å². The maximum absolute atomic E-state index is 12.5. The third kappa shape index (κ3) is 3.84. The third-order valence-electron chi connectivity index (χ3n) is 2.88. The Morgan fingerprint density at radius 2 is 1.89 bits per heavy atom. The van der Waals surface area contributed by atoms with Crippen molar-refractivity contribution in [1.82, 2.24) is 0 Å². The summed E-state index contributed by atoms with van der Waals surface area (Å²) >= 11 is 0. The van der Waals surface area contributed by atoms with Gasteiger partial charge in [0.25, 0.3) is 5.69 Å². The van der Waals surface area contributed by atoms with E-state index in [1.54, 1.807) is 0 Å². The van der Waals surface area contributed by atoms with Crippen LogP contribution in [-0.2, 0) is 6.18 Å². The van der Waals surface area contributed by atoms with Gasteiger partial charge in [-0.3, -0.25) is 10.1 Å². The van der Waals surface area contributed by atoms with Crippen molar-refractivity contribution in [2.24, 2.45) is 0 Å². The fraction of sp³-hybridized carbons (Fsp3) is 0.500. The molecule has 0 unspecified atom stereocenters. The molecule has 0 atom stereocenters. The Kier molecular flexibility index (Phi) is 4.07. The minimum absolute atomic E-state index is 0.0878. The Balaban J connectivity index is 3.24. The maximum Gasteiger partial charge on any atom is 0.416 e. The van der Waals surface area contributed by atoms with Crippen molar-refractivity contribution < 1.29 is 18.1 Å². The molecular formula is C12H15F3N2O2. The van der Waals surface area contributed by atoms with Crippen LogP contribution in [-0.4, -0.2) is 10.5 Å². The SMILES string of the molecule is CCC(C)(C)Nc1ccc(C(F)(F)F)cc1[N+](=O)[O-]. The Bertz CT molecular complexity index is 484. The van der Waals surface area contributed by atoms with Crippen LogP contribution in [0.2, 0.25) is 0 Å². The summed E-state index contributed by atoms with van der Waals surface area (Å²) in [5.74, 6) is 0. The predicted octanol–water partition coefficient (Wildman–Crippen LogP) is 4.21. The van der Waals surface area contributed by atoms with Crippen molar-refractivity contribution in [3.05, 3.63) is 33.9 Å². The molecule has 0 aliphatic heterocycles. The number of anilines is 1. The van der Waals surface area contributed by atoms with Crippen LogP contribution in [0, 0.1) is 10.1 Å². The normalized spacial score (nSPS) is 12.3. The highest BCUT2D eigenvalue weighted by Crippen LogP contribution is 2.36. The Hall–Kier alpha value is -1.79. The van der Waals surface area contributed by atoms with Gasteiger partial charge >= 0.3 is 6.18 Å². The molecule has 0 fully saturated rings. The van der Waals surface area contributed by atoms with E-state index in [4.69, 9.17) is 0 Å². The molecule has 1 rings (SSSR count). The van der Waals surface area contributed by atoms with Gasteiger partial charge in [0.1, 0.15) is 5.69 Å². The number of nitro groups is 1. The average Bonchev–Trinajstić information content (AvgIpc) is 2.27. The summed E-state index contributed by atoms with van der Waals surface area (Å²) in [7, 11) is 0. The fourth-order valence-corrected chi connectivity index (χ4v) is 1.42. The second kappa shape index (κ2) is 5.07. The first-order valence-corrected chi connectivity index (χ1v) is 5.70. The third-order valence-corrected chi connectivity index (χ3v) is 2.88. The molecule has 1 N–H and O–H groups in total. The number of rotatable bonds is 4. The lowest BCUT2D eigenvalue weighted by Gasteiger charge is -2.25. The van der Waals surface area contributed by atoms with Gasteiger partial charge in [-0.05, 0) is 32.4 Å². The molecule has 0 aliphatic carbocycles. The molecule has 0 saturated carbocycles. The van der Waals surface area contributed by atoms with E-state index in [-0.39, 0.29) is 5.69 Å². The van der Waals surface area contributed by atoms with E-state index in [1.807, 2.05) is 20.8 Å². The second-order valence-corrected chi connectivity index (χ2v) is 4.85. The molecule has 19 heavy (non-hydrogen) atoms. The van der Waals surface area contributed by atoms with E-state index in [9.17, 15) is 23.3 Å². The van der Waals surface area contributed by atoms with Crippen molar-refractivity contribution in [2.45, 2.75) is 38.9 Å². The first-order chi connectivity index (χ1) is 8.57. The monoisotopic (exact) mass is 276 g/mol. The molecule has 1 aromatic rings. The van der Waals surface area contributed by atoms with Gasteiger partial charge in [-0.25, -0.2) is 0 Å². The summed E-state index contributed by atoms with van der Waals surface area (Å²) in [5, 5.41) is 13.8. The van der Waals surface area contributed by atoms with E-state index in [1.165, 1.54) is 0 Å². The van der Waals surface area contributed by atoms with Crippen LogP contribution >= 0.6 is 0 Å². The van der Waals surface area contributed by atoms with Crippen molar-refractivity contribution in [1.29, 1.82) is 0 Å². The number of hydrogen-bond donors (Lipinski definition) is 1. The zero-order chi connectivity index (χ0) is 14.8. The number of halogens is 3. The standard InChI is InChI=1S/C12H15F3N2O2/c1-4-11(2,3)16-9-6-5-8(12(13,14)15)7-10(9)17(18)19/h5-7,16H,4H2,1-3H3. The molecule has 7 heteroatoms. The quantitative estimate of drug-likeness (QED) is 0.662. The highest BCUT2D eigenvalue weighted by molar-refractivity contribution is 5.64. The number of nitro benzene ring substituents is 1. The molecule has 0 saturated heterocycles. The Labute approximate surface area is 108 Å². The maximum atomic E-state index is 12.5. The van der Waals surface area contributed by atoms with Gasteiger partial charge in [0.2, 0.25) is 0 Å². The summed E-state index contributed by atoms with van der Waals surface area (Å²) in [6.45, 7) is 5.51. The van der Waals surface area contributed by atoms with Crippen LogP contribution in [0.4, 0.5) is 24.5 Å². The van der Waals surface area contributed by atoms with Crippen LogP contribution in [0.15, 0.2) is 18.2 Å². The molecule has 106 valence electrons. The summed E-state index contributed by atoms with van der Waals surface area (Å²) < 4.78 is 37.6. The lowest BCUT2D eigenvalue weighted by molar-refractivity contribution is -0.384. The minimum Gasteiger partial charge on any atom is -0.375 e. The Morgan fingerprint density at radius 3 is 2.32 bits per heavy atom. The summed E-state index contributed by atoms with van der Waals surface area (Å²) in [6.07, 6.45) is -3.92. The lowest BCUT2D eigenvalue weighted by Crippen LogP contribution is -2.30. The zero-order valence-electron chi connectivity index (χ0n) is 10.8. The topological polar surface area (TPSA) is 55.2 Å². The van der Waals surface area contributed by atoms with Gasteiger partial charge in [0.15, 0.2) is 0 Å². The lowest BCUT2D eigenvalue weighted by atomic mass is 10.0. The number of hydrogen-bond acceptors (Lipinski definition) is 3. The first-order valence-electron chi connectivity index (χ1n) is 5.70. The highest BCUT2D eigenvalue weighted by Gasteiger charge is 2.33. The van der Waals surface area contributed by atoms with Gasteiger partial charge in [-0.15, -0.1) is 0 Å². The van der Waals surface area contributed by atoms with Crippen LogP contribution < -0.4 is 5.32 Å². The van der Waals surface area contributed by atoms with Crippen molar-refractivity contribution in [2.75, 3.05) is 5.32 Å². The van der Waals surface area contributed by atoms with Gasteiger partial charge < -0.3 is 5.32 Å². The van der Waals surface area contributed by atoms with E-state index >= 15 is 0 Å². The van der Waals surface area contributed by atoms with Crippen molar-refractivity contribution >= 4 is 11.4 Å². The second-order valence-electron chi connectivity index (χ2n) is 4.85. The molecule has 4 nitrogen and oxygen atoms in total. The van der Waals surface area contributed by atoms with Gasteiger partial charge in [0.05, 0.1) is 10.5 Å². The van der Waals surface area contributed by atoms with Crippen LogP contribution in [0.5, 0.6) is 0 Å². The van der Waals surface area contributed by atoms with Crippen molar-refractivity contribution in [3.8, 4) is 0 Å². The number of nitrogens with one attached hydrogen (secondary N) is 1. The minimum atomic E-state index is -4.59. The van der Waals surface area contributed by atoms with Crippen molar-refractivity contribution in [3.63, 3.8) is 0 Å². The van der Waals surface area contributed by atoms with E-state index in [0.29, 0.717) is 12.5 Å². The molecule has 1 aromatic carbocycles. The molecule has 0 heterocycles. The molecule has 0 amide bonds. The zero-order valence-corrected chi connectivity index (χ0v) is 10.8. The first kappa shape index (κ1) is 15.3. The molecular weight excluding hydrogens is 261 g/mol. The molecule has 0 aromatic heterocycles.